The number of aromatic hydroxyl groups is 1. The third-order valence-electron chi connectivity index (χ3n) is 3.75. The average molecular weight is 324 g/mol. The molecule has 1 heterocycles. The third-order valence-corrected chi connectivity index (χ3v) is 3.99. The van der Waals surface area contributed by atoms with Gasteiger partial charge in [0.2, 0.25) is 0 Å². The summed E-state index contributed by atoms with van der Waals surface area (Å²) in [4.78, 5) is 11.8. The van der Waals surface area contributed by atoms with Crippen molar-refractivity contribution in [3.05, 3.63) is 33.9 Å². The molecule has 0 fully saturated rings. The minimum Gasteiger partial charge on any atom is -0.507 e. The average Bonchev–Trinajstić information content (AvgIpc) is 2.89. The molecule has 0 radical (unpaired) electrons. The van der Waals surface area contributed by atoms with Crippen LogP contribution in [0.15, 0.2) is 11.6 Å². The molecule has 1 N–H and O–H groups in total. The summed E-state index contributed by atoms with van der Waals surface area (Å²) in [7, 11) is 4.06. The van der Waals surface area contributed by atoms with Crippen LogP contribution in [-0.4, -0.2) is 31.1 Å². The molecule has 1 atom stereocenters. The lowest BCUT2D eigenvalue weighted by Gasteiger charge is -2.15. The maximum atomic E-state index is 11.8. The van der Waals surface area contributed by atoms with Gasteiger partial charge in [0.25, 0.3) is 0 Å². The minimum absolute atomic E-state index is 0.0454. The highest BCUT2D eigenvalue weighted by atomic mass is 31.0. The monoisotopic (exact) mass is 324 g/mol. The largest absolute Gasteiger partial charge is 0.507 e. The first kappa shape index (κ1) is 16.8. The lowest BCUT2D eigenvalue weighted by atomic mass is 9.95. The number of hydrogen-bond donors (Lipinski definition) is 1. The number of phenols is 1. The molecule has 6 heteroatoms. The van der Waals surface area contributed by atoms with Gasteiger partial charge in [-0.25, -0.2) is 4.79 Å². The molecule has 1 unspecified atom stereocenters. The van der Waals surface area contributed by atoms with Crippen LogP contribution >= 0.6 is 9.24 Å². The van der Waals surface area contributed by atoms with E-state index in [9.17, 15) is 9.90 Å². The van der Waals surface area contributed by atoms with Crippen LogP contribution in [0.4, 0.5) is 0 Å². The smallest absolute Gasteiger partial charge is 0.342 e. The quantitative estimate of drug-likeness (QED) is 0.495. The summed E-state index contributed by atoms with van der Waals surface area (Å²) in [5.74, 6) is 0.0769. The van der Waals surface area contributed by atoms with E-state index in [1.165, 1.54) is 0 Å². The molecular weight excluding hydrogens is 303 g/mol. The highest BCUT2D eigenvalue weighted by Crippen LogP contribution is 2.41. The van der Waals surface area contributed by atoms with Crippen molar-refractivity contribution < 1.29 is 24.1 Å². The number of methoxy groups -OCH3 is 1. The van der Waals surface area contributed by atoms with Crippen LogP contribution in [-0.2, 0) is 22.5 Å². The Morgan fingerprint density at radius 1 is 1.50 bits per heavy atom. The fourth-order valence-electron chi connectivity index (χ4n) is 2.58. The van der Waals surface area contributed by atoms with Gasteiger partial charge in [-0.3, -0.25) is 0 Å². The van der Waals surface area contributed by atoms with Gasteiger partial charge in [0, 0.05) is 11.1 Å². The number of rotatable bonds is 6. The van der Waals surface area contributed by atoms with Crippen molar-refractivity contribution in [1.29, 1.82) is 0 Å². The Morgan fingerprint density at radius 3 is 2.86 bits per heavy atom. The number of fused-ring (bicyclic) bond motifs is 1. The molecule has 1 aromatic carbocycles. The number of phenolic OH excluding ortho intramolecular Hbond substituents is 1. The molecule has 1 aliphatic heterocycles. The van der Waals surface area contributed by atoms with Crippen LogP contribution < -0.4 is 4.74 Å². The summed E-state index contributed by atoms with van der Waals surface area (Å²) in [6.07, 6.45) is 3.00. The summed E-state index contributed by atoms with van der Waals surface area (Å²) < 4.78 is 15.8. The fourth-order valence-corrected chi connectivity index (χ4v) is 2.70. The number of hydrogen-bond acceptors (Lipinski definition) is 5. The number of benzene rings is 1. The molecule has 1 aromatic rings. The first-order valence-electron chi connectivity index (χ1n) is 7.03. The van der Waals surface area contributed by atoms with Gasteiger partial charge in [-0.05, 0) is 25.8 Å². The second-order valence-electron chi connectivity index (χ2n) is 5.18. The predicted octanol–water partition coefficient (Wildman–Crippen LogP) is 2.72. The normalized spacial score (nSPS) is 14.0. The van der Waals surface area contributed by atoms with Crippen molar-refractivity contribution in [2.75, 3.05) is 20.1 Å². The number of ether oxygens (including phenoxy) is 3. The van der Waals surface area contributed by atoms with Gasteiger partial charge in [0.1, 0.15) is 23.7 Å². The number of allylic oxidation sites excluding steroid dienone is 1. The van der Waals surface area contributed by atoms with Gasteiger partial charge < -0.3 is 19.3 Å². The van der Waals surface area contributed by atoms with E-state index in [1.807, 2.05) is 19.9 Å². The van der Waals surface area contributed by atoms with Gasteiger partial charge in [-0.1, -0.05) is 11.6 Å². The van der Waals surface area contributed by atoms with Gasteiger partial charge >= 0.3 is 5.97 Å². The van der Waals surface area contributed by atoms with Crippen LogP contribution in [0.2, 0.25) is 0 Å². The van der Waals surface area contributed by atoms with Crippen molar-refractivity contribution in [3.8, 4) is 11.5 Å². The van der Waals surface area contributed by atoms with E-state index in [2.05, 4.69) is 9.24 Å². The zero-order chi connectivity index (χ0) is 16.3. The van der Waals surface area contributed by atoms with E-state index >= 15 is 0 Å². The van der Waals surface area contributed by atoms with E-state index < -0.39 is 5.97 Å². The molecule has 0 bridgehead atoms. The van der Waals surface area contributed by atoms with Crippen LogP contribution in [0.5, 0.6) is 11.5 Å². The van der Waals surface area contributed by atoms with E-state index in [4.69, 9.17) is 14.2 Å². The number of carbonyl (C=O) groups excluding carboxylic acids is 1. The summed E-state index contributed by atoms with van der Waals surface area (Å²) in [6, 6.07) is 0. The van der Waals surface area contributed by atoms with Gasteiger partial charge in [-0.15, -0.1) is 9.24 Å². The standard InChI is InChI=1S/C16H21O5P/c1-9(6-20-8-22)4-5-11-14(17)13-12(7-21-16(13)18)10(2)15(11)19-3/h4,17H,5-8,22H2,1-3H3/b9-4+. The van der Waals surface area contributed by atoms with Crippen molar-refractivity contribution in [2.24, 2.45) is 0 Å². The third kappa shape index (κ3) is 3.11. The molecule has 0 aromatic heterocycles. The zero-order valence-corrected chi connectivity index (χ0v) is 14.2. The number of carbonyl (C=O) groups is 1. The van der Waals surface area contributed by atoms with Gasteiger partial charge in [-0.2, -0.15) is 0 Å². The Labute approximate surface area is 132 Å². The molecule has 0 saturated heterocycles. The first-order chi connectivity index (χ1) is 10.5. The molecule has 1 aliphatic rings. The molecule has 0 saturated carbocycles. The lowest BCUT2D eigenvalue weighted by molar-refractivity contribution is 0.0533. The molecule has 5 nitrogen and oxygen atoms in total. The SMILES string of the molecule is COc1c(C)c2c(c(O)c1C/C=C(\C)COCP)C(=O)OC2. The van der Waals surface area contributed by atoms with Crippen molar-refractivity contribution in [3.63, 3.8) is 0 Å². The van der Waals surface area contributed by atoms with Crippen LogP contribution in [0.25, 0.3) is 0 Å². The Kier molecular flexibility index (Phi) is 5.43. The van der Waals surface area contributed by atoms with Gasteiger partial charge in [0.15, 0.2) is 0 Å². The molecule has 0 spiro atoms. The molecule has 120 valence electrons. The topological polar surface area (TPSA) is 65.0 Å². The van der Waals surface area contributed by atoms with E-state index in [1.54, 1.807) is 7.11 Å². The maximum absolute atomic E-state index is 11.8. The van der Waals surface area contributed by atoms with Crippen molar-refractivity contribution in [2.45, 2.75) is 26.9 Å². The highest BCUT2D eigenvalue weighted by molar-refractivity contribution is 7.16. The van der Waals surface area contributed by atoms with Crippen molar-refractivity contribution in [1.82, 2.24) is 0 Å². The summed E-state index contributed by atoms with van der Waals surface area (Å²) >= 11 is 0. The highest BCUT2D eigenvalue weighted by Gasteiger charge is 2.31. The van der Waals surface area contributed by atoms with E-state index in [0.717, 1.165) is 11.1 Å². The Balaban J connectivity index is 2.41. The minimum atomic E-state index is -0.480. The fraction of sp³-hybridized carbons (Fsp3) is 0.438. The van der Waals surface area contributed by atoms with Crippen molar-refractivity contribution >= 4 is 15.2 Å². The molecule has 0 amide bonds. The van der Waals surface area contributed by atoms with E-state index in [-0.39, 0.29) is 17.9 Å². The second-order valence-corrected chi connectivity index (χ2v) is 5.52. The summed E-state index contributed by atoms with van der Waals surface area (Å²) in [5, 5.41) is 10.5. The Bertz CT molecular complexity index is 622. The van der Waals surface area contributed by atoms with Gasteiger partial charge in [0.05, 0.1) is 20.1 Å². The Morgan fingerprint density at radius 2 is 2.23 bits per heavy atom. The summed E-state index contributed by atoms with van der Waals surface area (Å²) in [5.41, 5.74) is 3.45. The van der Waals surface area contributed by atoms with Crippen LogP contribution in [0.3, 0.4) is 0 Å². The zero-order valence-electron chi connectivity index (χ0n) is 13.1. The molecule has 22 heavy (non-hydrogen) atoms. The second kappa shape index (κ2) is 7.12. The van der Waals surface area contributed by atoms with Crippen LogP contribution in [0.1, 0.15) is 34.0 Å². The van der Waals surface area contributed by atoms with Crippen LogP contribution in [0, 0.1) is 6.92 Å². The maximum Gasteiger partial charge on any atom is 0.342 e. The molecule has 0 aliphatic carbocycles. The predicted molar refractivity (Wildman–Crippen MR) is 86.5 cm³/mol. The molecular formula is C16H21O5P. The number of cyclic esters (lactones) is 1. The number of esters is 1. The molecule has 2 rings (SSSR count). The Hall–Kier alpha value is -1.58. The van der Waals surface area contributed by atoms with E-state index in [0.29, 0.717) is 36.3 Å². The summed E-state index contributed by atoms with van der Waals surface area (Å²) in [6.45, 7) is 4.54. The first-order valence-corrected chi connectivity index (χ1v) is 7.84. The lowest BCUT2D eigenvalue weighted by Crippen LogP contribution is -2.03.